The Balaban J connectivity index is 3.12. The fourth-order valence-corrected chi connectivity index (χ4v) is 1.35. The van der Waals surface area contributed by atoms with Crippen molar-refractivity contribution in [2.24, 2.45) is 0 Å². The van der Waals surface area contributed by atoms with Gasteiger partial charge in [0.1, 0.15) is 11.0 Å². The van der Waals surface area contributed by atoms with E-state index < -0.39 is 24.3 Å². The van der Waals surface area contributed by atoms with Crippen LogP contribution in [0, 0.1) is 0 Å². The number of alkyl halides is 6. The summed E-state index contributed by atoms with van der Waals surface area (Å²) < 4.78 is 78.0. The van der Waals surface area contributed by atoms with Gasteiger partial charge in [0.05, 0.1) is 0 Å². The first kappa shape index (κ1) is 16.8. The summed E-state index contributed by atoms with van der Waals surface area (Å²) in [5.41, 5.74) is 0. The highest BCUT2D eigenvalue weighted by Gasteiger charge is 2.59. The largest absolute Gasteiger partial charge is 0.455 e. The van der Waals surface area contributed by atoms with Crippen LogP contribution in [-0.4, -0.2) is 28.4 Å². The Labute approximate surface area is 114 Å². The van der Waals surface area contributed by atoms with Crippen LogP contribution in [0.15, 0.2) is 6.07 Å². The molecular weight excluding hydrogens is 314 g/mol. The average Bonchev–Trinajstić information content (AvgIpc) is 2.22. The molecule has 114 valence electrons. The van der Waals surface area contributed by atoms with Gasteiger partial charge in [0.2, 0.25) is 5.88 Å². The number of aromatic nitrogens is 2. The summed E-state index contributed by atoms with van der Waals surface area (Å²) >= 11 is 5.51. The number of rotatable bonds is 3. The Kier molecular flexibility index (Phi) is 4.73. The minimum Gasteiger partial charge on any atom is -0.455 e. The molecule has 1 aromatic rings. The van der Waals surface area contributed by atoms with Crippen molar-refractivity contribution >= 4 is 11.6 Å². The van der Waals surface area contributed by atoms with E-state index in [2.05, 4.69) is 14.7 Å². The first-order chi connectivity index (χ1) is 8.91. The van der Waals surface area contributed by atoms with E-state index in [9.17, 15) is 26.3 Å². The van der Waals surface area contributed by atoms with Crippen molar-refractivity contribution in [1.29, 1.82) is 0 Å². The van der Waals surface area contributed by atoms with Gasteiger partial charge in [-0.1, -0.05) is 25.4 Å². The molecule has 0 unspecified atom stereocenters. The van der Waals surface area contributed by atoms with Gasteiger partial charge in [-0.25, -0.2) is 4.98 Å². The summed E-state index contributed by atoms with van der Waals surface area (Å²) in [6.07, 6.45) is -15.2. The van der Waals surface area contributed by atoms with Gasteiger partial charge in [0.25, 0.3) is 6.10 Å². The fraction of sp³-hybridized carbons (Fsp3) is 0.600. The zero-order valence-corrected chi connectivity index (χ0v) is 10.9. The van der Waals surface area contributed by atoms with E-state index in [1.165, 1.54) is 0 Å². The number of nitrogens with zero attached hydrogens (tertiary/aromatic N) is 2. The van der Waals surface area contributed by atoms with Gasteiger partial charge in [-0.15, -0.1) is 0 Å². The molecule has 10 heteroatoms. The highest BCUT2D eigenvalue weighted by Crippen LogP contribution is 2.36. The van der Waals surface area contributed by atoms with Crippen molar-refractivity contribution in [2.45, 2.75) is 38.2 Å². The SMILES string of the molecule is CC(C)c1nc(Cl)cc(OC(C(F)(F)F)C(F)(F)F)n1. The van der Waals surface area contributed by atoms with E-state index in [1.807, 2.05) is 0 Å². The lowest BCUT2D eigenvalue weighted by Gasteiger charge is -2.23. The Morgan fingerprint density at radius 1 is 1.05 bits per heavy atom. The quantitative estimate of drug-likeness (QED) is 0.620. The molecule has 0 radical (unpaired) electrons. The van der Waals surface area contributed by atoms with Crippen molar-refractivity contribution in [3.05, 3.63) is 17.0 Å². The molecule has 0 N–H and O–H groups in total. The van der Waals surface area contributed by atoms with E-state index >= 15 is 0 Å². The Morgan fingerprint density at radius 3 is 1.95 bits per heavy atom. The molecule has 0 aromatic carbocycles. The molecule has 0 saturated carbocycles. The maximum Gasteiger partial charge on any atom is 0.434 e. The second kappa shape index (κ2) is 5.63. The third-order valence-corrected chi connectivity index (χ3v) is 2.23. The van der Waals surface area contributed by atoms with E-state index in [-0.39, 0.29) is 16.9 Å². The molecule has 0 saturated heterocycles. The molecular formula is C10H9ClF6N2O. The van der Waals surface area contributed by atoms with Crippen LogP contribution in [0.3, 0.4) is 0 Å². The molecule has 1 aromatic heterocycles. The third kappa shape index (κ3) is 4.39. The molecule has 0 aliphatic carbocycles. The molecule has 1 heterocycles. The average molecular weight is 323 g/mol. The number of hydrogen-bond acceptors (Lipinski definition) is 3. The molecule has 20 heavy (non-hydrogen) atoms. The van der Waals surface area contributed by atoms with Crippen molar-refractivity contribution in [1.82, 2.24) is 9.97 Å². The van der Waals surface area contributed by atoms with Crippen molar-refractivity contribution in [2.75, 3.05) is 0 Å². The second-order valence-corrected chi connectivity index (χ2v) is 4.51. The minimum absolute atomic E-state index is 0.0180. The smallest absolute Gasteiger partial charge is 0.434 e. The van der Waals surface area contributed by atoms with Crippen LogP contribution >= 0.6 is 11.6 Å². The van der Waals surface area contributed by atoms with Gasteiger partial charge in [-0.2, -0.15) is 31.3 Å². The first-order valence-corrected chi connectivity index (χ1v) is 5.63. The molecule has 3 nitrogen and oxygen atoms in total. The molecule has 0 bridgehead atoms. The highest BCUT2D eigenvalue weighted by atomic mass is 35.5. The van der Waals surface area contributed by atoms with Gasteiger partial charge in [-0.3, -0.25) is 0 Å². The van der Waals surface area contributed by atoms with Gasteiger partial charge < -0.3 is 4.74 Å². The third-order valence-electron chi connectivity index (χ3n) is 2.04. The first-order valence-electron chi connectivity index (χ1n) is 5.26. The summed E-state index contributed by atoms with van der Waals surface area (Å²) in [6.45, 7) is 3.20. The van der Waals surface area contributed by atoms with Gasteiger partial charge in [0, 0.05) is 12.0 Å². The molecule has 0 aliphatic heterocycles. The van der Waals surface area contributed by atoms with E-state index in [4.69, 9.17) is 11.6 Å². The Morgan fingerprint density at radius 2 is 1.55 bits per heavy atom. The molecule has 0 spiro atoms. The maximum absolute atomic E-state index is 12.3. The van der Waals surface area contributed by atoms with Crippen molar-refractivity contribution in [3.8, 4) is 5.88 Å². The van der Waals surface area contributed by atoms with Gasteiger partial charge in [-0.05, 0) is 0 Å². The lowest BCUT2D eigenvalue weighted by Crippen LogP contribution is -2.46. The fourth-order valence-electron chi connectivity index (χ4n) is 1.17. The zero-order valence-electron chi connectivity index (χ0n) is 10.2. The predicted molar refractivity (Wildman–Crippen MR) is 57.7 cm³/mol. The van der Waals surface area contributed by atoms with Gasteiger partial charge >= 0.3 is 12.4 Å². The van der Waals surface area contributed by atoms with Crippen molar-refractivity contribution in [3.63, 3.8) is 0 Å². The van der Waals surface area contributed by atoms with Crippen LogP contribution in [-0.2, 0) is 0 Å². The summed E-state index contributed by atoms with van der Waals surface area (Å²) in [5.74, 6) is -1.24. The summed E-state index contributed by atoms with van der Waals surface area (Å²) in [5, 5.41) is -0.304. The molecule has 0 atom stereocenters. The highest BCUT2D eigenvalue weighted by molar-refractivity contribution is 6.29. The number of ether oxygens (including phenoxy) is 1. The van der Waals surface area contributed by atoms with Crippen LogP contribution in [0.2, 0.25) is 5.15 Å². The maximum atomic E-state index is 12.3. The summed E-state index contributed by atoms with van der Waals surface area (Å²) in [6, 6.07) is 0.692. The van der Waals surface area contributed by atoms with Crippen LogP contribution in [0.25, 0.3) is 0 Å². The summed E-state index contributed by atoms with van der Waals surface area (Å²) in [4.78, 5) is 7.16. The topological polar surface area (TPSA) is 35.0 Å². The summed E-state index contributed by atoms with van der Waals surface area (Å²) in [7, 11) is 0. The van der Waals surface area contributed by atoms with Crippen LogP contribution < -0.4 is 4.74 Å². The van der Waals surface area contributed by atoms with Crippen LogP contribution in [0.4, 0.5) is 26.3 Å². The normalized spacial score (nSPS) is 13.2. The van der Waals surface area contributed by atoms with E-state index in [1.54, 1.807) is 13.8 Å². The second-order valence-electron chi connectivity index (χ2n) is 4.12. The minimum atomic E-state index is -5.62. The van der Waals surface area contributed by atoms with E-state index in [0.29, 0.717) is 6.07 Å². The molecule has 0 fully saturated rings. The van der Waals surface area contributed by atoms with Gasteiger partial charge in [0.15, 0.2) is 0 Å². The predicted octanol–water partition coefficient (Wildman–Crippen LogP) is 4.13. The lowest BCUT2D eigenvalue weighted by atomic mass is 10.2. The zero-order chi connectivity index (χ0) is 15.7. The monoisotopic (exact) mass is 322 g/mol. The van der Waals surface area contributed by atoms with E-state index in [0.717, 1.165) is 0 Å². The number of hydrogen-bond donors (Lipinski definition) is 0. The number of halogens is 7. The van der Waals surface area contributed by atoms with Crippen LogP contribution in [0.5, 0.6) is 5.88 Å². The molecule has 1 rings (SSSR count). The molecule has 0 amide bonds. The lowest BCUT2D eigenvalue weighted by molar-refractivity contribution is -0.300. The van der Waals surface area contributed by atoms with Crippen LogP contribution in [0.1, 0.15) is 25.6 Å². The Bertz CT molecular complexity index is 460. The Hall–Kier alpha value is -1.25. The standard InChI is InChI=1S/C10H9ClF6N2O/c1-4(2)7-18-5(11)3-6(19-7)20-8(9(12,13)14)10(15,16)17/h3-4,8H,1-2H3. The van der Waals surface area contributed by atoms with Crippen molar-refractivity contribution < 1.29 is 31.1 Å². The molecule has 0 aliphatic rings.